The van der Waals surface area contributed by atoms with Crippen LogP contribution in [0.1, 0.15) is 39.7 Å². The van der Waals surface area contributed by atoms with Gasteiger partial charge in [-0.3, -0.25) is 4.57 Å². The van der Waals surface area contributed by atoms with E-state index in [-0.39, 0.29) is 0 Å². The molecule has 4 heteroatoms. The molecule has 1 aromatic heterocycles. The first-order chi connectivity index (χ1) is 9.13. The maximum Gasteiger partial charge on any atom is 0.225 e. The monoisotopic (exact) mass is 277 g/mol. The molecule has 19 heavy (non-hydrogen) atoms. The van der Waals surface area contributed by atoms with Gasteiger partial charge in [-0.15, -0.1) is 10.2 Å². The molecule has 1 aromatic carbocycles. The number of rotatable bonds is 5. The summed E-state index contributed by atoms with van der Waals surface area (Å²) in [6, 6.07) is 10.4. The number of nitrogens with zero attached hydrogens (tertiary/aromatic N) is 3. The van der Waals surface area contributed by atoms with Crippen molar-refractivity contribution in [2.45, 2.75) is 39.7 Å². The Morgan fingerprint density at radius 2 is 1.84 bits per heavy atom. The van der Waals surface area contributed by atoms with E-state index in [1.54, 1.807) is 0 Å². The van der Waals surface area contributed by atoms with E-state index in [1.165, 1.54) is 6.42 Å². The molecule has 0 saturated heterocycles. The highest BCUT2D eigenvalue weighted by Gasteiger charge is 2.18. The number of benzene rings is 1. The second-order valence-electron chi connectivity index (χ2n) is 5.13. The van der Waals surface area contributed by atoms with Gasteiger partial charge in [-0.25, -0.2) is 0 Å². The molecule has 0 aliphatic rings. The van der Waals surface area contributed by atoms with Crippen LogP contribution in [0.4, 0.5) is 0 Å². The highest BCUT2D eigenvalue weighted by molar-refractivity contribution is 6.28. The van der Waals surface area contributed by atoms with E-state index in [1.807, 2.05) is 34.9 Å². The van der Waals surface area contributed by atoms with E-state index in [0.29, 0.717) is 17.2 Å². The summed E-state index contributed by atoms with van der Waals surface area (Å²) in [6.45, 7) is 6.65. The van der Waals surface area contributed by atoms with Crippen LogP contribution in [-0.4, -0.2) is 14.8 Å². The summed E-state index contributed by atoms with van der Waals surface area (Å²) in [5.41, 5.74) is 1.05. The minimum absolute atomic E-state index is 0.299. The Morgan fingerprint density at radius 3 is 2.47 bits per heavy atom. The molecule has 0 fully saturated rings. The summed E-state index contributed by atoms with van der Waals surface area (Å²) in [6.07, 6.45) is 2.25. The van der Waals surface area contributed by atoms with Gasteiger partial charge in [-0.1, -0.05) is 50.6 Å². The summed E-state index contributed by atoms with van der Waals surface area (Å²) in [7, 11) is 0. The summed E-state index contributed by atoms with van der Waals surface area (Å²) >= 11 is 6.21. The van der Waals surface area contributed by atoms with Crippen LogP contribution >= 0.6 is 11.6 Å². The lowest BCUT2D eigenvalue weighted by atomic mass is 10.00. The Bertz CT molecular complexity index is 521. The van der Waals surface area contributed by atoms with Crippen molar-refractivity contribution in [3.63, 3.8) is 0 Å². The normalized spacial score (nSPS) is 14.3. The predicted octanol–water partition coefficient (Wildman–Crippen LogP) is 4.60. The molecule has 0 amide bonds. The largest absolute Gasteiger partial charge is 0.295 e. The highest BCUT2D eigenvalue weighted by Crippen LogP contribution is 2.28. The van der Waals surface area contributed by atoms with Crippen molar-refractivity contribution in [3.8, 4) is 11.4 Å². The fourth-order valence-corrected chi connectivity index (χ4v) is 2.59. The van der Waals surface area contributed by atoms with Crippen molar-refractivity contribution in [1.29, 1.82) is 0 Å². The standard InChI is InChI=1S/C15H20ClN3/c1-4-11(2)10-12(3)19-14(17-18-15(19)16)13-8-6-5-7-9-13/h5-9,11-12H,4,10H2,1-3H3. The quantitative estimate of drug-likeness (QED) is 0.800. The minimum Gasteiger partial charge on any atom is -0.295 e. The number of hydrogen-bond donors (Lipinski definition) is 0. The fourth-order valence-electron chi connectivity index (χ4n) is 2.30. The van der Waals surface area contributed by atoms with E-state index in [0.717, 1.165) is 17.8 Å². The molecule has 102 valence electrons. The second-order valence-corrected chi connectivity index (χ2v) is 5.46. The van der Waals surface area contributed by atoms with E-state index in [4.69, 9.17) is 11.6 Å². The Labute approximate surface area is 119 Å². The average molecular weight is 278 g/mol. The highest BCUT2D eigenvalue weighted by atomic mass is 35.5. The first-order valence-corrected chi connectivity index (χ1v) is 7.17. The summed E-state index contributed by atoms with van der Waals surface area (Å²) in [4.78, 5) is 0. The fraction of sp³-hybridized carbons (Fsp3) is 0.467. The van der Waals surface area contributed by atoms with Gasteiger partial charge < -0.3 is 0 Å². The van der Waals surface area contributed by atoms with E-state index >= 15 is 0 Å². The van der Waals surface area contributed by atoms with E-state index < -0.39 is 0 Å². The van der Waals surface area contributed by atoms with Crippen molar-refractivity contribution < 1.29 is 0 Å². The van der Waals surface area contributed by atoms with Gasteiger partial charge in [0.05, 0.1) is 0 Å². The minimum atomic E-state index is 0.299. The lowest BCUT2D eigenvalue weighted by molar-refractivity contribution is 0.400. The molecule has 0 spiro atoms. The van der Waals surface area contributed by atoms with Gasteiger partial charge in [0.25, 0.3) is 0 Å². The third kappa shape index (κ3) is 3.16. The van der Waals surface area contributed by atoms with Crippen LogP contribution in [0.25, 0.3) is 11.4 Å². The van der Waals surface area contributed by atoms with Crippen molar-refractivity contribution in [2.24, 2.45) is 5.92 Å². The Morgan fingerprint density at radius 1 is 1.16 bits per heavy atom. The third-order valence-electron chi connectivity index (χ3n) is 3.57. The van der Waals surface area contributed by atoms with Gasteiger partial charge in [-0.2, -0.15) is 0 Å². The molecule has 2 aromatic rings. The molecule has 0 aliphatic carbocycles. The SMILES string of the molecule is CCC(C)CC(C)n1c(Cl)nnc1-c1ccccc1. The van der Waals surface area contributed by atoms with Gasteiger partial charge in [-0.05, 0) is 30.9 Å². The first-order valence-electron chi connectivity index (χ1n) is 6.79. The molecule has 2 rings (SSSR count). The lowest BCUT2D eigenvalue weighted by Crippen LogP contribution is -2.11. The zero-order valence-electron chi connectivity index (χ0n) is 11.7. The van der Waals surface area contributed by atoms with Crippen LogP contribution in [0.5, 0.6) is 0 Å². The van der Waals surface area contributed by atoms with Crippen molar-refractivity contribution in [3.05, 3.63) is 35.6 Å². The van der Waals surface area contributed by atoms with Crippen molar-refractivity contribution >= 4 is 11.6 Å². The van der Waals surface area contributed by atoms with E-state index in [2.05, 4.69) is 31.0 Å². The van der Waals surface area contributed by atoms with Gasteiger partial charge in [0, 0.05) is 11.6 Å². The molecule has 1 heterocycles. The smallest absolute Gasteiger partial charge is 0.225 e. The van der Waals surface area contributed by atoms with Crippen LogP contribution < -0.4 is 0 Å². The van der Waals surface area contributed by atoms with Crippen LogP contribution in [0, 0.1) is 5.92 Å². The van der Waals surface area contributed by atoms with Gasteiger partial charge in [0.2, 0.25) is 5.28 Å². The van der Waals surface area contributed by atoms with Gasteiger partial charge >= 0.3 is 0 Å². The summed E-state index contributed by atoms with van der Waals surface area (Å²) < 4.78 is 2.03. The Kier molecular flexibility index (Phi) is 4.59. The summed E-state index contributed by atoms with van der Waals surface area (Å²) in [5, 5.41) is 8.71. The van der Waals surface area contributed by atoms with Crippen LogP contribution in [0.15, 0.2) is 30.3 Å². The van der Waals surface area contributed by atoms with Crippen LogP contribution in [0.3, 0.4) is 0 Å². The van der Waals surface area contributed by atoms with Crippen LogP contribution in [0.2, 0.25) is 5.28 Å². The van der Waals surface area contributed by atoms with Crippen molar-refractivity contribution in [1.82, 2.24) is 14.8 Å². The van der Waals surface area contributed by atoms with Crippen molar-refractivity contribution in [2.75, 3.05) is 0 Å². The molecule has 0 aliphatic heterocycles. The molecule has 0 bridgehead atoms. The molecule has 2 atom stereocenters. The number of aromatic nitrogens is 3. The zero-order valence-corrected chi connectivity index (χ0v) is 12.4. The summed E-state index contributed by atoms with van der Waals surface area (Å²) in [5.74, 6) is 1.51. The molecule has 2 unspecified atom stereocenters. The lowest BCUT2D eigenvalue weighted by Gasteiger charge is -2.19. The molecule has 0 saturated carbocycles. The Hall–Kier alpha value is -1.35. The maximum absolute atomic E-state index is 6.21. The van der Waals surface area contributed by atoms with Crippen LogP contribution in [-0.2, 0) is 0 Å². The zero-order chi connectivity index (χ0) is 13.8. The molecule has 3 nitrogen and oxygen atoms in total. The topological polar surface area (TPSA) is 30.7 Å². The predicted molar refractivity (Wildman–Crippen MR) is 79.3 cm³/mol. The third-order valence-corrected chi connectivity index (χ3v) is 3.83. The average Bonchev–Trinajstić information content (AvgIpc) is 2.81. The molecular formula is C15H20ClN3. The van der Waals surface area contributed by atoms with Gasteiger partial charge in [0.1, 0.15) is 0 Å². The number of hydrogen-bond acceptors (Lipinski definition) is 2. The Balaban J connectivity index is 2.33. The maximum atomic E-state index is 6.21. The van der Waals surface area contributed by atoms with Gasteiger partial charge in [0.15, 0.2) is 5.82 Å². The molecule has 0 radical (unpaired) electrons. The first kappa shape index (κ1) is 14.1. The molecular weight excluding hydrogens is 258 g/mol. The van der Waals surface area contributed by atoms with E-state index in [9.17, 15) is 0 Å². The second kappa shape index (κ2) is 6.20. The molecule has 0 N–H and O–H groups in total. The number of halogens is 1.